The van der Waals surface area contributed by atoms with Crippen LogP contribution in [0.2, 0.25) is 0 Å². The van der Waals surface area contributed by atoms with Gasteiger partial charge in [-0.1, -0.05) is 24.3 Å². The van der Waals surface area contributed by atoms with Crippen molar-refractivity contribution in [2.45, 2.75) is 4.90 Å². The molecule has 0 spiro atoms. The van der Waals surface area contributed by atoms with Gasteiger partial charge in [0, 0.05) is 18.0 Å². The fraction of sp³-hybridized carbons (Fsp3) is 0.316. The average molecular weight is 341 g/mol. The number of anilines is 1. The van der Waals surface area contributed by atoms with E-state index in [9.17, 15) is 0 Å². The lowest BCUT2D eigenvalue weighted by atomic mass is 10.2. The van der Waals surface area contributed by atoms with E-state index >= 15 is 0 Å². The maximum atomic E-state index is 5.46. The third-order valence-electron chi connectivity index (χ3n) is 4.17. The van der Waals surface area contributed by atoms with Crippen LogP contribution in [0.3, 0.4) is 0 Å². The van der Waals surface area contributed by atoms with Gasteiger partial charge in [0.15, 0.2) is 0 Å². The van der Waals surface area contributed by atoms with Crippen LogP contribution in [0, 0.1) is 0 Å². The highest BCUT2D eigenvalue weighted by Gasteiger charge is 2.18. The number of ether oxygens (including phenoxy) is 1. The van der Waals surface area contributed by atoms with Gasteiger partial charge in [0.1, 0.15) is 5.75 Å². The number of piperazine rings is 1. The van der Waals surface area contributed by atoms with E-state index in [2.05, 4.69) is 57.7 Å². The molecule has 2 aromatic rings. The fourth-order valence-corrected chi connectivity index (χ4v) is 3.19. The first kappa shape index (κ1) is 16.7. The van der Waals surface area contributed by atoms with Gasteiger partial charge in [-0.15, -0.1) is 11.8 Å². The Morgan fingerprint density at radius 2 is 1.71 bits per heavy atom. The zero-order valence-corrected chi connectivity index (χ0v) is 15.0. The third-order valence-corrected chi connectivity index (χ3v) is 4.91. The van der Waals surface area contributed by atoms with Crippen molar-refractivity contribution in [3.05, 3.63) is 54.1 Å². The molecule has 1 saturated heterocycles. The van der Waals surface area contributed by atoms with Crippen LogP contribution in [0.15, 0.2) is 58.5 Å². The number of hydrazone groups is 1. The first-order valence-corrected chi connectivity index (χ1v) is 9.33. The molecule has 0 amide bonds. The number of hydrogen-bond donors (Lipinski definition) is 0. The lowest BCUT2D eigenvalue weighted by Crippen LogP contribution is -2.44. The maximum absolute atomic E-state index is 5.46. The smallest absolute Gasteiger partial charge is 0.142 e. The zero-order valence-electron chi connectivity index (χ0n) is 14.2. The predicted molar refractivity (Wildman–Crippen MR) is 103 cm³/mol. The van der Waals surface area contributed by atoms with Gasteiger partial charge in [-0.3, -0.25) is 5.01 Å². The van der Waals surface area contributed by atoms with Crippen LogP contribution in [-0.2, 0) is 0 Å². The van der Waals surface area contributed by atoms with Gasteiger partial charge in [-0.25, -0.2) is 0 Å². The molecule has 2 aromatic carbocycles. The molecule has 0 bridgehead atoms. The standard InChI is InChI=1S/C19H23N3OS/c1-23-19-6-4-3-5-18(19)21-11-13-22(14-12-21)20-15-16-7-9-17(24-2)10-8-16/h3-10,15H,11-14H2,1-2H3. The normalized spacial score (nSPS) is 15.1. The van der Waals surface area contributed by atoms with Crippen LogP contribution in [0.1, 0.15) is 5.56 Å². The number of hydrogen-bond acceptors (Lipinski definition) is 5. The van der Waals surface area contributed by atoms with E-state index in [0.29, 0.717) is 0 Å². The quantitative estimate of drug-likeness (QED) is 0.614. The van der Waals surface area contributed by atoms with Crippen LogP contribution in [0.4, 0.5) is 5.69 Å². The first-order valence-electron chi connectivity index (χ1n) is 8.11. The van der Waals surface area contributed by atoms with Crippen LogP contribution in [0.25, 0.3) is 0 Å². The summed E-state index contributed by atoms with van der Waals surface area (Å²) in [4.78, 5) is 3.63. The number of rotatable bonds is 5. The summed E-state index contributed by atoms with van der Waals surface area (Å²) in [5, 5.41) is 6.76. The number of methoxy groups -OCH3 is 1. The molecule has 4 nitrogen and oxygen atoms in total. The van der Waals surface area contributed by atoms with E-state index in [-0.39, 0.29) is 0 Å². The Hall–Kier alpha value is -2.14. The molecule has 1 aliphatic heterocycles. The Balaban J connectivity index is 1.57. The summed E-state index contributed by atoms with van der Waals surface area (Å²) in [5.74, 6) is 0.934. The number of benzene rings is 2. The largest absolute Gasteiger partial charge is 0.495 e. The van der Waals surface area contributed by atoms with Crippen molar-refractivity contribution in [1.29, 1.82) is 0 Å². The molecule has 0 saturated carbocycles. The molecule has 0 atom stereocenters. The summed E-state index contributed by atoms with van der Waals surface area (Å²) >= 11 is 1.75. The Bertz CT molecular complexity index is 679. The SMILES string of the molecule is COc1ccccc1N1CCN(N=Cc2ccc(SC)cc2)CC1. The average Bonchev–Trinajstić information content (AvgIpc) is 2.67. The summed E-state index contributed by atoms with van der Waals surface area (Å²) in [6.07, 6.45) is 4.03. The minimum Gasteiger partial charge on any atom is -0.495 e. The molecule has 3 rings (SSSR count). The summed E-state index contributed by atoms with van der Waals surface area (Å²) in [6, 6.07) is 16.7. The third kappa shape index (κ3) is 4.03. The second kappa shape index (κ2) is 8.11. The molecule has 1 fully saturated rings. The van der Waals surface area contributed by atoms with Crippen LogP contribution in [-0.4, -0.2) is 50.8 Å². The molecule has 5 heteroatoms. The molecule has 0 unspecified atom stereocenters. The second-order valence-corrected chi connectivity index (χ2v) is 6.51. The van der Waals surface area contributed by atoms with E-state index in [0.717, 1.165) is 43.2 Å². The molecule has 1 heterocycles. The van der Waals surface area contributed by atoms with Crippen molar-refractivity contribution >= 4 is 23.7 Å². The van der Waals surface area contributed by atoms with Gasteiger partial charge in [-0.2, -0.15) is 5.10 Å². The Labute approximate surface area is 148 Å². The molecule has 1 aliphatic rings. The first-order chi connectivity index (χ1) is 11.8. The monoisotopic (exact) mass is 341 g/mol. The highest BCUT2D eigenvalue weighted by molar-refractivity contribution is 7.98. The maximum Gasteiger partial charge on any atom is 0.142 e. The highest BCUT2D eigenvalue weighted by Crippen LogP contribution is 2.28. The Kier molecular flexibility index (Phi) is 5.64. The van der Waals surface area contributed by atoms with Gasteiger partial charge in [0.25, 0.3) is 0 Å². The minimum atomic E-state index is 0.914. The van der Waals surface area contributed by atoms with Crippen molar-refractivity contribution < 1.29 is 4.74 Å². The predicted octanol–water partition coefficient (Wildman–Crippen LogP) is 3.57. The van der Waals surface area contributed by atoms with Gasteiger partial charge >= 0.3 is 0 Å². The molecule has 0 aromatic heterocycles. The van der Waals surface area contributed by atoms with Crippen molar-refractivity contribution in [2.24, 2.45) is 5.10 Å². The van der Waals surface area contributed by atoms with Gasteiger partial charge in [0.2, 0.25) is 0 Å². The number of nitrogens with zero attached hydrogens (tertiary/aromatic N) is 3. The Morgan fingerprint density at radius 1 is 1.00 bits per heavy atom. The van der Waals surface area contributed by atoms with E-state index in [1.807, 2.05) is 18.3 Å². The molecule has 0 radical (unpaired) electrons. The topological polar surface area (TPSA) is 28.1 Å². The Morgan fingerprint density at radius 3 is 2.38 bits per heavy atom. The number of thioether (sulfide) groups is 1. The summed E-state index contributed by atoms with van der Waals surface area (Å²) < 4.78 is 5.46. The number of para-hydroxylation sites is 2. The van der Waals surface area contributed by atoms with Gasteiger partial charge < -0.3 is 9.64 Å². The lowest BCUT2D eigenvalue weighted by Gasteiger charge is -2.35. The summed E-state index contributed by atoms with van der Waals surface area (Å²) in [7, 11) is 1.72. The lowest BCUT2D eigenvalue weighted by molar-refractivity contribution is 0.271. The van der Waals surface area contributed by atoms with E-state index in [1.165, 1.54) is 4.90 Å². The zero-order chi connectivity index (χ0) is 16.8. The van der Waals surface area contributed by atoms with E-state index in [4.69, 9.17) is 4.74 Å². The summed E-state index contributed by atoms with van der Waals surface area (Å²) in [5.41, 5.74) is 2.30. The van der Waals surface area contributed by atoms with Crippen LogP contribution >= 0.6 is 11.8 Å². The summed E-state index contributed by atoms with van der Waals surface area (Å²) in [6.45, 7) is 3.72. The molecule has 24 heavy (non-hydrogen) atoms. The fourth-order valence-electron chi connectivity index (χ4n) is 2.78. The molecule has 0 N–H and O–H groups in total. The second-order valence-electron chi connectivity index (χ2n) is 5.63. The minimum absolute atomic E-state index is 0.914. The van der Waals surface area contributed by atoms with E-state index in [1.54, 1.807) is 18.9 Å². The van der Waals surface area contributed by atoms with Crippen molar-refractivity contribution in [2.75, 3.05) is 44.4 Å². The van der Waals surface area contributed by atoms with Gasteiger partial charge in [-0.05, 0) is 36.1 Å². The van der Waals surface area contributed by atoms with Crippen molar-refractivity contribution in [1.82, 2.24) is 5.01 Å². The van der Waals surface area contributed by atoms with E-state index < -0.39 is 0 Å². The molecular weight excluding hydrogens is 318 g/mol. The van der Waals surface area contributed by atoms with Gasteiger partial charge in [0.05, 0.1) is 32.1 Å². The van der Waals surface area contributed by atoms with Crippen LogP contribution < -0.4 is 9.64 Å². The van der Waals surface area contributed by atoms with Crippen molar-refractivity contribution in [3.63, 3.8) is 0 Å². The molecular formula is C19H23N3OS. The molecule has 0 aliphatic carbocycles. The van der Waals surface area contributed by atoms with Crippen LogP contribution in [0.5, 0.6) is 5.75 Å². The van der Waals surface area contributed by atoms with Crippen molar-refractivity contribution in [3.8, 4) is 5.75 Å². The highest BCUT2D eigenvalue weighted by atomic mass is 32.2. The molecule has 126 valence electrons.